The Morgan fingerprint density at radius 3 is 2.32 bits per heavy atom. The fourth-order valence-electron chi connectivity index (χ4n) is 1.98. The predicted octanol–water partition coefficient (Wildman–Crippen LogP) is 4.19. The monoisotopic (exact) mass is 379 g/mol. The van der Waals surface area contributed by atoms with Gasteiger partial charge < -0.3 is 14.6 Å². The maximum atomic E-state index is 12.7. The summed E-state index contributed by atoms with van der Waals surface area (Å²) in [6, 6.07) is 5.69. The minimum Gasteiger partial charge on any atom is -0.444 e. The van der Waals surface area contributed by atoms with E-state index in [-0.39, 0.29) is 0 Å². The highest BCUT2D eigenvalue weighted by Gasteiger charge is 2.18. The van der Waals surface area contributed by atoms with Gasteiger partial charge in [-0.1, -0.05) is 31.6 Å². The van der Waals surface area contributed by atoms with Gasteiger partial charge in [-0.25, -0.2) is 4.79 Å². The van der Waals surface area contributed by atoms with E-state index in [0.29, 0.717) is 6.54 Å². The molecule has 0 aliphatic rings. The molecule has 0 aromatic heterocycles. The maximum Gasteiger partial charge on any atom is 0.407 e. The molecule has 0 unspecified atom stereocenters. The second-order valence-corrected chi connectivity index (χ2v) is 16.5. The fourth-order valence-corrected chi connectivity index (χ4v) is 3.68. The molecule has 6 heteroatoms. The third-order valence-corrected chi connectivity index (χ3v) is 5.46. The minimum absolute atomic E-state index is 0.323. The standard InChI is InChI=1S/C19H30NO3PSi/c1-19(2,3)23-18(21)20-14-15-9-10-16(11-12-25(6,7)8)17(13-15)24(4,5)22/h9-10,13H,14H2,1-8H3,(H,20,21). The van der Waals surface area contributed by atoms with Crippen molar-refractivity contribution >= 4 is 26.6 Å². The topological polar surface area (TPSA) is 55.4 Å². The number of benzene rings is 1. The molecule has 0 saturated carbocycles. The van der Waals surface area contributed by atoms with Crippen molar-refractivity contribution in [3.8, 4) is 11.5 Å². The summed E-state index contributed by atoms with van der Waals surface area (Å²) in [6.07, 6.45) is -0.465. The van der Waals surface area contributed by atoms with Gasteiger partial charge >= 0.3 is 6.09 Å². The Labute approximate surface area is 153 Å². The van der Waals surface area contributed by atoms with Crippen LogP contribution in [-0.2, 0) is 15.8 Å². The van der Waals surface area contributed by atoms with Crippen molar-refractivity contribution in [2.75, 3.05) is 13.3 Å². The molecule has 1 amide bonds. The van der Waals surface area contributed by atoms with Crippen molar-refractivity contribution in [3.63, 3.8) is 0 Å². The highest BCUT2D eigenvalue weighted by molar-refractivity contribution is 7.70. The van der Waals surface area contributed by atoms with E-state index in [1.807, 2.05) is 39.0 Å². The minimum atomic E-state index is -2.48. The molecule has 0 bridgehead atoms. The largest absolute Gasteiger partial charge is 0.444 e. The van der Waals surface area contributed by atoms with Crippen LogP contribution in [0.4, 0.5) is 4.79 Å². The van der Waals surface area contributed by atoms with Crippen molar-refractivity contribution in [1.29, 1.82) is 0 Å². The summed E-state index contributed by atoms with van der Waals surface area (Å²) in [5, 5.41) is 3.50. The van der Waals surface area contributed by atoms with E-state index < -0.39 is 26.9 Å². The Balaban J connectivity index is 3.04. The molecule has 1 aromatic rings. The number of carbonyl (C=O) groups excluding carboxylic acids is 1. The number of carbonyl (C=O) groups is 1. The normalized spacial score (nSPS) is 12.2. The van der Waals surface area contributed by atoms with Crippen LogP contribution in [0.5, 0.6) is 0 Å². The lowest BCUT2D eigenvalue weighted by Crippen LogP contribution is -2.32. The first-order valence-electron chi connectivity index (χ1n) is 8.36. The van der Waals surface area contributed by atoms with Crippen LogP contribution in [0.2, 0.25) is 19.6 Å². The first-order valence-corrected chi connectivity index (χ1v) is 14.5. The Morgan fingerprint density at radius 1 is 1.24 bits per heavy atom. The summed E-state index contributed by atoms with van der Waals surface area (Å²) in [5.41, 5.74) is 4.49. The molecule has 1 N–H and O–H groups in total. The van der Waals surface area contributed by atoms with Gasteiger partial charge in [0.2, 0.25) is 0 Å². The second-order valence-electron chi connectivity index (χ2n) is 8.56. The van der Waals surface area contributed by atoms with Crippen molar-refractivity contribution in [3.05, 3.63) is 29.3 Å². The smallest absolute Gasteiger partial charge is 0.407 e. The summed E-state index contributed by atoms with van der Waals surface area (Å²) in [6.45, 7) is 15.8. The summed E-state index contributed by atoms with van der Waals surface area (Å²) in [5.74, 6) is 3.21. The average Bonchev–Trinajstić information content (AvgIpc) is 2.39. The number of amides is 1. The van der Waals surface area contributed by atoms with Gasteiger partial charge in [0.25, 0.3) is 0 Å². The second kappa shape index (κ2) is 7.80. The first-order chi connectivity index (χ1) is 11.2. The average molecular weight is 380 g/mol. The van der Waals surface area contributed by atoms with Gasteiger partial charge in [-0.15, -0.1) is 5.54 Å². The van der Waals surface area contributed by atoms with E-state index in [2.05, 4.69) is 36.4 Å². The Kier molecular flexibility index (Phi) is 6.72. The Morgan fingerprint density at radius 2 is 1.84 bits per heavy atom. The van der Waals surface area contributed by atoms with Crippen molar-refractivity contribution in [2.24, 2.45) is 0 Å². The van der Waals surface area contributed by atoms with Crippen LogP contribution >= 0.6 is 7.14 Å². The van der Waals surface area contributed by atoms with Gasteiger partial charge in [0.05, 0.1) is 0 Å². The molecule has 1 aromatic carbocycles. The molecule has 0 spiro atoms. The van der Waals surface area contributed by atoms with Crippen LogP contribution in [-0.4, -0.2) is 33.1 Å². The van der Waals surface area contributed by atoms with E-state index in [4.69, 9.17) is 4.74 Å². The van der Waals surface area contributed by atoms with E-state index in [0.717, 1.165) is 16.4 Å². The number of rotatable bonds is 3. The summed E-state index contributed by atoms with van der Waals surface area (Å²) in [7, 11) is -3.99. The quantitative estimate of drug-likeness (QED) is 0.487. The number of hydrogen-bond acceptors (Lipinski definition) is 3. The summed E-state index contributed by atoms with van der Waals surface area (Å²) in [4.78, 5) is 11.8. The van der Waals surface area contributed by atoms with E-state index in [1.165, 1.54) is 0 Å². The van der Waals surface area contributed by atoms with Crippen LogP contribution in [0, 0.1) is 11.5 Å². The zero-order chi connectivity index (χ0) is 19.5. The third kappa shape index (κ3) is 8.42. The van der Waals surface area contributed by atoms with Crippen LogP contribution in [0.1, 0.15) is 31.9 Å². The molecule has 0 saturated heterocycles. The van der Waals surface area contributed by atoms with Crippen LogP contribution in [0.3, 0.4) is 0 Å². The van der Waals surface area contributed by atoms with Gasteiger partial charge in [0.15, 0.2) is 0 Å². The van der Waals surface area contributed by atoms with Crippen LogP contribution in [0.25, 0.3) is 0 Å². The maximum absolute atomic E-state index is 12.7. The number of alkyl carbamates (subject to hydrolysis) is 1. The van der Waals surface area contributed by atoms with Crippen molar-refractivity contribution < 1.29 is 14.1 Å². The molecule has 25 heavy (non-hydrogen) atoms. The van der Waals surface area contributed by atoms with Crippen LogP contribution < -0.4 is 10.6 Å². The lowest BCUT2D eigenvalue weighted by molar-refractivity contribution is 0.0523. The number of nitrogens with one attached hydrogen (secondary N) is 1. The molecule has 0 heterocycles. The zero-order valence-electron chi connectivity index (χ0n) is 16.6. The number of ether oxygens (including phenoxy) is 1. The summed E-state index contributed by atoms with van der Waals surface area (Å²) < 4.78 is 17.9. The van der Waals surface area contributed by atoms with E-state index in [9.17, 15) is 9.36 Å². The molecule has 138 valence electrons. The SMILES string of the molecule is CC(C)(C)OC(=O)NCc1ccc(C#C[Si](C)(C)C)c(P(C)(C)=O)c1. The highest BCUT2D eigenvalue weighted by Crippen LogP contribution is 2.36. The molecular formula is C19H30NO3PSi. The predicted molar refractivity (Wildman–Crippen MR) is 109 cm³/mol. The molecule has 0 aliphatic carbocycles. The van der Waals surface area contributed by atoms with Gasteiger partial charge in [-0.2, -0.15) is 0 Å². The van der Waals surface area contributed by atoms with Crippen molar-refractivity contribution in [2.45, 2.75) is 52.6 Å². The Hall–Kier alpha value is -1.50. The molecule has 0 radical (unpaired) electrons. The summed E-state index contributed by atoms with van der Waals surface area (Å²) >= 11 is 0. The lowest BCUT2D eigenvalue weighted by Gasteiger charge is -2.20. The molecular weight excluding hydrogens is 349 g/mol. The fraction of sp³-hybridized carbons (Fsp3) is 0.526. The first kappa shape index (κ1) is 21.5. The molecule has 0 atom stereocenters. The van der Waals surface area contributed by atoms with Crippen molar-refractivity contribution in [1.82, 2.24) is 5.32 Å². The zero-order valence-corrected chi connectivity index (χ0v) is 18.5. The van der Waals surface area contributed by atoms with Gasteiger partial charge in [0.1, 0.15) is 20.8 Å². The van der Waals surface area contributed by atoms with Crippen LogP contribution in [0.15, 0.2) is 18.2 Å². The molecule has 4 nitrogen and oxygen atoms in total. The highest BCUT2D eigenvalue weighted by atomic mass is 31.2. The van der Waals surface area contributed by atoms with Gasteiger partial charge in [0, 0.05) is 17.4 Å². The number of hydrogen-bond donors (Lipinski definition) is 1. The molecule has 0 aliphatic heterocycles. The van der Waals surface area contributed by atoms with E-state index in [1.54, 1.807) is 13.3 Å². The third-order valence-electron chi connectivity index (χ3n) is 3.05. The Bertz CT molecular complexity index is 743. The van der Waals surface area contributed by atoms with E-state index >= 15 is 0 Å². The van der Waals surface area contributed by atoms with Gasteiger partial charge in [-0.3, -0.25) is 0 Å². The lowest BCUT2D eigenvalue weighted by atomic mass is 10.1. The van der Waals surface area contributed by atoms with Gasteiger partial charge in [-0.05, 0) is 51.8 Å². The molecule has 0 fully saturated rings. The molecule has 1 rings (SSSR count).